The summed E-state index contributed by atoms with van der Waals surface area (Å²) in [4.78, 5) is 4.57. The first-order valence-corrected chi connectivity index (χ1v) is 9.61. The van der Waals surface area contributed by atoms with Gasteiger partial charge in [-0.2, -0.15) is 5.26 Å². The van der Waals surface area contributed by atoms with Gasteiger partial charge < -0.3 is 5.32 Å². The molecule has 0 fully saturated rings. The lowest BCUT2D eigenvalue weighted by Gasteiger charge is -2.05. The lowest BCUT2D eigenvalue weighted by molar-refractivity contribution is 0.632. The fourth-order valence-electron chi connectivity index (χ4n) is 2.68. The normalized spacial score (nSPS) is 11.4. The average Bonchev–Trinajstić information content (AvgIpc) is 3.14. The Bertz CT molecular complexity index is 981. The number of hydrogen-bond donors (Lipinski definition) is 1. The molecule has 0 bridgehead atoms. The average molecular weight is 377 g/mol. The first kappa shape index (κ1) is 18.8. The van der Waals surface area contributed by atoms with Crippen molar-refractivity contribution in [2.45, 2.75) is 20.3 Å². The van der Waals surface area contributed by atoms with Crippen LogP contribution in [0.1, 0.15) is 24.4 Å². The van der Waals surface area contributed by atoms with E-state index in [1.54, 1.807) is 18.2 Å². The zero-order valence-corrected chi connectivity index (χ0v) is 16.1. The molecule has 2 aromatic carbocycles. The van der Waals surface area contributed by atoms with Crippen LogP contribution in [0.3, 0.4) is 0 Å². The van der Waals surface area contributed by atoms with Crippen LogP contribution in [0.4, 0.5) is 10.1 Å². The van der Waals surface area contributed by atoms with Crippen LogP contribution in [0.2, 0.25) is 0 Å². The second-order valence-corrected chi connectivity index (χ2v) is 7.48. The number of thiazole rings is 1. The number of nitrogens with one attached hydrogen (secondary N) is 1. The topological polar surface area (TPSA) is 48.7 Å². The molecule has 1 N–H and O–H groups in total. The third-order valence-electron chi connectivity index (χ3n) is 3.99. The molecule has 0 saturated heterocycles. The molecular formula is C22H20FN3S. The Morgan fingerprint density at radius 1 is 1.22 bits per heavy atom. The minimum atomic E-state index is -0.368. The van der Waals surface area contributed by atoms with Gasteiger partial charge in [0.1, 0.15) is 22.5 Å². The van der Waals surface area contributed by atoms with Gasteiger partial charge in [0.2, 0.25) is 0 Å². The standard InChI is InChI=1S/C22H20FN3S/c1-15(2)11-16-7-9-17(10-8-16)21-14-27-22(26-21)18(12-24)13-25-20-6-4-3-5-19(20)23/h3-10,13-15,25H,11H2,1-2H3. The maximum atomic E-state index is 13.7. The molecule has 27 heavy (non-hydrogen) atoms. The summed E-state index contributed by atoms with van der Waals surface area (Å²) in [5.74, 6) is 0.249. The molecule has 0 saturated carbocycles. The van der Waals surface area contributed by atoms with Gasteiger partial charge in [-0.25, -0.2) is 9.37 Å². The van der Waals surface area contributed by atoms with E-state index in [2.05, 4.69) is 54.5 Å². The molecule has 0 radical (unpaired) electrons. The van der Waals surface area contributed by atoms with Crippen LogP contribution in [-0.4, -0.2) is 4.98 Å². The highest BCUT2D eigenvalue weighted by Crippen LogP contribution is 2.27. The Hall–Kier alpha value is -2.97. The highest BCUT2D eigenvalue weighted by Gasteiger charge is 2.10. The van der Waals surface area contributed by atoms with Gasteiger partial charge in [-0.15, -0.1) is 11.3 Å². The molecule has 3 aromatic rings. The van der Waals surface area contributed by atoms with E-state index in [0.29, 0.717) is 22.2 Å². The highest BCUT2D eigenvalue weighted by atomic mass is 32.1. The quantitative estimate of drug-likeness (QED) is 0.526. The van der Waals surface area contributed by atoms with E-state index in [9.17, 15) is 9.65 Å². The third kappa shape index (κ3) is 4.81. The zero-order chi connectivity index (χ0) is 19.2. The number of nitrogens with zero attached hydrogens (tertiary/aromatic N) is 2. The molecule has 5 heteroatoms. The number of anilines is 1. The van der Waals surface area contributed by atoms with Crippen LogP contribution < -0.4 is 5.32 Å². The predicted molar refractivity (Wildman–Crippen MR) is 110 cm³/mol. The highest BCUT2D eigenvalue weighted by molar-refractivity contribution is 7.11. The monoisotopic (exact) mass is 377 g/mol. The minimum Gasteiger partial charge on any atom is -0.358 e. The second-order valence-electron chi connectivity index (χ2n) is 6.63. The third-order valence-corrected chi connectivity index (χ3v) is 4.87. The van der Waals surface area contributed by atoms with E-state index in [-0.39, 0.29) is 5.82 Å². The summed E-state index contributed by atoms with van der Waals surface area (Å²) >= 11 is 1.40. The van der Waals surface area contributed by atoms with Crippen LogP contribution in [-0.2, 0) is 6.42 Å². The molecule has 0 unspecified atom stereocenters. The van der Waals surface area contributed by atoms with E-state index in [4.69, 9.17) is 0 Å². The van der Waals surface area contributed by atoms with E-state index in [0.717, 1.165) is 17.7 Å². The summed E-state index contributed by atoms with van der Waals surface area (Å²) < 4.78 is 13.7. The molecule has 0 atom stereocenters. The van der Waals surface area contributed by atoms with E-state index < -0.39 is 0 Å². The van der Waals surface area contributed by atoms with Crippen molar-refractivity contribution in [3.8, 4) is 17.3 Å². The van der Waals surface area contributed by atoms with Gasteiger partial charge in [-0.3, -0.25) is 0 Å². The smallest absolute Gasteiger partial charge is 0.146 e. The number of nitriles is 1. The van der Waals surface area contributed by atoms with Crippen molar-refractivity contribution in [2.75, 3.05) is 5.32 Å². The number of allylic oxidation sites excluding steroid dienone is 1. The lowest BCUT2D eigenvalue weighted by atomic mass is 10.0. The fourth-order valence-corrected chi connectivity index (χ4v) is 3.48. The van der Waals surface area contributed by atoms with Gasteiger partial charge in [-0.1, -0.05) is 50.2 Å². The first-order chi connectivity index (χ1) is 13.1. The Labute approximate surface area is 162 Å². The Morgan fingerprint density at radius 2 is 1.96 bits per heavy atom. The minimum absolute atomic E-state index is 0.322. The van der Waals surface area contributed by atoms with Crippen molar-refractivity contribution in [3.63, 3.8) is 0 Å². The van der Waals surface area contributed by atoms with Crippen molar-refractivity contribution in [1.29, 1.82) is 5.26 Å². The van der Waals surface area contributed by atoms with Gasteiger partial charge in [0.25, 0.3) is 0 Å². The molecule has 0 aliphatic heterocycles. The number of benzene rings is 2. The van der Waals surface area contributed by atoms with Crippen LogP contribution in [0.15, 0.2) is 60.1 Å². The number of aromatic nitrogens is 1. The molecule has 3 nitrogen and oxygen atoms in total. The number of para-hydroxylation sites is 1. The van der Waals surface area contributed by atoms with Gasteiger partial charge in [0.15, 0.2) is 0 Å². The van der Waals surface area contributed by atoms with Crippen LogP contribution >= 0.6 is 11.3 Å². The second kappa shape index (κ2) is 8.61. The maximum absolute atomic E-state index is 13.7. The molecule has 0 aliphatic carbocycles. The molecule has 0 spiro atoms. The van der Waals surface area contributed by atoms with Crippen molar-refractivity contribution in [2.24, 2.45) is 5.92 Å². The number of halogens is 1. The summed E-state index contributed by atoms with van der Waals surface area (Å²) in [7, 11) is 0. The molecule has 136 valence electrons. The van der Waals surface area contributed by atoms with E-state index in [1.807, 2.05) is 5.38 Å². The summed E-state index contributed by atoms with van der Waals surface area (Å²) in [5, 5.41) is 14.8. The Balaban J connectivity index is 1.78. The SMILES string of the molecule is CC(C)Cc1ccc(-c2csc(C(C#N)=CNc3ccccc3F)n2)cc1. The molecule has 0 aliphatic rings. The Morgan fingerprint density at radius 3 is 2.63 bits per heavy atom. The number of hydrogen-bond acceptors (Lipinski definition) is 4. The van der Waals surface area contributed by atoms with Crippen LogP contribution in [0.5, 0.6) is 0 Å². The van der Waals surface area contributed by atoms with Crippen molar-refractivity contribution in [1.82, 2.24) is 4.98 Å². The van der Waals surface area contributed by atoms with Gasteiger partial charge in [-0.05, 0) is 30.0 Å². The van der Waals surface area contributed by atoms with Crippen LogP contribution in [0.25, 0.3) is 16.8 Å². The zero-order valence-electron chi connectivity index (χ0n) is 15.2. The van der Waals surface area contributed by atoms with E-state index in [1.165, 1.54) is 29.2 Å². The van der Waals surface area contributed by atoms with Gasteiger partial charge in [0.05, 0.1) is 11.4 Å². The summed E-state index contributed by atoms with van der Waals surface area (Å²) in [6.07, 6.45) is 2.54. The Kier molecular flexibility index (Phi) is 6.00. The molecule has 1 heterocycles. The lowest BCUT2D eigenvalue weighted by Crippen LogP contribution is -1.94. The largest absolute Gasteiger partial charge is 0.358 e. The summed E-state index contributed by atoms with van der Waals surface area (Å²) in [5.41, 5.74) is 3.84. The number of rotatable bonds is 6. The summed E-state index contributed by atoms with van der Waals surface area (Å²) in [6.45, 7) is 4.40. The van der Waals surface area contributed by atoms with Crippen molar-refractivity contribution >= 4 is 22.6 Å². The van der Waals surface area contributed by atoms with E-state index >= 15 is 0 Å². The molecule has 0 amide bonds. The predicted octanol–water partition coefficient (Wildman–Crippen LogP) is 6.12. The maximum Gasteiger partial charge on any atom is 0.146 e. The first-order valence-electron chi connectivity index (χ1n) is 8.73. The van der Waals surface area contributed by atoms with Crippen molar-refractivity contribution in [3.05, 3.63) is 76.5 Å². The molecular weight excluding hydrogens is 357 g/mol. The van der Waals surface area contributed by atoms with Crippen LogP contribution in [0, 0.1) is 23.1 Å². The van der Waals surface area contributed by atoms with Crippen molar-refractivity contribution < 1.29 is 4.39 Å². The fraction of sp³-hybridized carbons (Fsp3) is 0.182. The van der Waals surface area contributed by atoms with Gasteiger partial charge in [0, 0.05) is 17.1 Å². The molecule has 3 rings (SSSR count). The van der Waals surface area contributed by atoms with Gasteiger partial charge >= 0.3 is 0 Å². The summed E-state index contributed by atoms with van der Waals surface area (Å²) in [6, 6.07) is 16.8. The molecule has 1 aromatic heterocycles.